The first-order chi connectivity index (χ1) is 13.1. The Bertz CT molecular complexity index is 707. The van der Waals surface area contributed by atoms with Crippen molar-refractivity contribution >= 4 is 29.3 Å². The van der Waals surface area contributed by atoms with Gasteiger partial charge in [-0.05, 0) is 32.3 Å². The highest BCUT2D eigenvalue weighted by Gasteiger charge is 2.33. The second-order valence-electron chi connectivity index (χ2n) is 6.66. The maximum Gasteiger partial charge on any atom is 0.417 e. The molecule has 1 aliphatic rings. The molecule has 1 aromatic heterocycles. The number of nitrogens with zero attached hydrogens (tertiary/aromatic N) is 2. The van der Waals surface area contributed by atoms with E-state index in [1.54, 1.807) is 4.90 Å². The van der Waals surface area contributed by atoms with Gasteiger partial charge < -0.3 is 15.0 Å². The third-order valence-corrected chi connectivity index (χ3v) is 4.77. The molecule has 1 aromatic rings. The van der Waals surface area contributed by atoms with Crippen molar-refractivity contribution in [1.29, 1.82) is 0 Å². The van der Waals surface area contributed by atoms with E-state index < -0.39 is 23.8 Å². The minimum absolute atomic E-state index is 0.0860. The van der Waals surface area contributed by atoms with Gasteiger partial charge in [0, 0.05) is 25.8 Å². The molecule has 1 fully saturated rings. The summed E-state index contributed by atoms with van der Waals surface area (Å²) in [6.45, 7) is 4.75. The van der Waals surface area contributed by atoms with Crippen LogP contribution in [0.4, 0.5) is 19.0 Å². The van der Waals surface area contributed by atoms with Crippen molar-refractivity contribution in [1.82, 2.24) is 10.3 Å². The van der Waals surface area contributed by atoms with Gasteiger partial charge in [-0.1, -0.05) is 18.5 Å². The number of carbonyl (C=O) groups is 2. The van der Waals surface area contributed by atoms with Crippen LogP contribution in [0.3, 0.4) is 0 Å². The number of alkyl halides is 3. The van der Waals surface area contributed by atoms with Gasteiger partial charge in [0.2, 0.25) is 0 Å². The van der Waals surface area contributed by atoms with Gasteiger partial charge in [0.15, 0.2) is 6.10 Å². The Morgan fingerprint density at radius 3 is 2.57 bits per heavy atom. The standard InChI is InChI=1S/C18H23ClF3N3O3/c1-3-6-23-16(26)11(2)28-17(27)12-4-7-25(8-5-12)15-14(19)9-13(10-24-15)18(20,21)22/h9-12H,3-8H2,1-2H3,(H,23,26)/t11-/m1/s1. The molecule has 2 heterocycles. The molecule has 1 N–H and O–H groups in total. The number of anilines is 1. The van der Waals surface area contributed by atoms with E-state index in [9.17, 15) is 22.8 Å². The van der Waals surface area contributed by atoms with Crippen LogP contribution in [-0.4, -0.2) is 42.6 Å². The van der Waals surface area contributed by atoms with Crippen LogP contribution >= 0.6 is 11.6 Å². The fourth-order valence-electron chi connectivity index (χ4n) is 2.86. The first-order valence-electron chi connectivity index (χ1n) is 9.09. The van der Waals surface area contributed by atoms with E-state index in [4.69, 9.17) is 16.3 Å². The van der Waals surface area contributed by atoms with Crippen LogP contribution in [0.15, 0.2) is 12.3 Å². The number of amides is 1. The van der Waals surface area contributed by atoms with E-state index in [-0.39, 0.29) is 22.7 Å². The van der Waals surface area contributed by atoms with Crippen molar-refractivity contribution in [3.63, 3.8) is 0 Å². The molecule has 0 unspecified atom stereocenters. The number of rotatable bonds is 6. The van der Waals surface area contributed by atoms with Gasteiger partial charge in [-0.15, -0.1) is 0 Å². The van der Waals surface area contributed by atoms with Gasteiger partial charge in [-0.3, -0.25) is 9.59 Å². The number of esters is 1. The number of ether oxygens (including phenoxy) is 1. The monoisotopic (exact) mass is 421 g/mol. The number of halogens is 4. The van der Waals surface area contributed by atoms with Crippen molar-refractivity contribution in [2.24, 2.45) is 5.92 Å². The summed E-state index contributed by atoms with van der Waals surface area (Å²) in [6.07, 6.45) is -2.99. The van der Waals surface area contributed by atoms with E-state index in [1.165, 1.54) is 6.92 Å². The van der Waals surface area contributed by atoms with Gasteiger partial charge in [-0.2, -0.15) is 13.2 Å². The molecular formula is C18H23ClF3N3O3. The molecule has 0 saturated carbocycles. The van der Waals surface area contributed by atoms with Crippen LogP contribution in [0.25, 0.3) is 0 Å². The van der Waals surface area contributed by atoms with Gasteiger partial charge in [-0.25, -0.2) is 4.98 Å². The molecule has 0 radical (unpaired) electrons. The Morgan fingerprint density at radius 2 is 2.04 bits per heavy atom. The second-order valence-corrected chi connectivity index (χ2v) is 7.07. The molecule has 0 aromatic carbocycles. The first-order valence-corrected chi connectivity index (χ1v) is 9.47. The molecule has 0 spiro atoms. The zero-order chi connectivity index (χ0) is 20.9. The van der Waals surface area contributed by atoms with Crippen molar-refractivity contribution < 1.29 is 27.5 Å². The van der Waals surface area contributed by atoms with Gasteiger partial charge in [0.25, 0.3) is 5.91 Å². The fourth-order valence-corrected chi connectivity index (χ4v) is 3.15. The number of carbonyl (C=O) groups excluding carboxylic acids is 2. The summed E-state index contributed by atoms with van der Waals surface area (Å²) in [4.78, 5) is 29.6. The second kappa shape index (κ2) is 9.45. The molecule has 2 rings (SSSR count). The number of pyridine rings is 1. The van der Waals surface area contributed by atoms with Crippen LogP contribution in [0, 0.1) is 5.92 Å². The van der Waals surface area contributed by atoms with Crippen LogP contribution in [0.1, 0.15) is 38.7 Å². The van der Waals surface area contributed by atoms with E-state index in [2.05, 4.69) is 10.3 Å². The third-order valence-electron chi connectivity index (χ3n) is 4.49. The Morgan fingerprint density at radius 1 is 1.39 bits per heavy atom. The van der Waals surface area contributed by atoms with E-state index in [0.29, 0.717) is 32.5 Å². The lowest BCUT2D eigenvalue weighted by Crippen LogP contribution is -2.41. The molecule has 10 heteroatoms. The predicted molar refractivity (Wildman–Crippen MR) is 98.0 cm³/mol. The topological polar surface area (TPSA) is 71.5 Å². The summed E-state index contributed by atoms with van der Waals surface area (Å²) < 4.78 is 43.4. The van der Waals surface area contributed by atoms with Crippen molar-refractivity contribution in [2.75, 3.05) is 24.5 Å². The number of aromatic nitrogens is 1. The minimum Gasteiger partial charge on any atom is -0.452 e. The number of piperidine rings is 1. The summed E-state index contributed by atoms with van der Waals surface area (Å²) in [6, 6.07) is 0.848. The molecule has 1 saturated heterocycles. The number of nitrogens with one attached hydrogen (secondary N) is 1. The fraction of sp³-hybridized carbons (Fsp3) is 0.611. The Kier molecular flexibility index (Phi) is 7.51. The Hall–Kier alpha value is -2.03. The molecule has 28 heavy (non-hydrogen) atoms. The van der Waals surface area contributed by atoms with Crippen LogP contribution in [-0.2, 0) is 20.5 Å². The van der Waals surface area contributed by atoms with E-state index in [0.717, 1.165) is 18.7 Å². The number of hydrogen-bond donors (Lipinski definition) is 1. The predicted octanol–water partition coefficient (Wildman–Crippen LogP) is 3.43. The van der Waals surface area contributed by atoms with Gasteiger partial charge >= 0.3 is 12.1 Å². The molecule has 1 amide bonds. The third kappa shape index (κ3) is 5.73. The highest BCUT2D eigenvalue weighted by Crippen LogP contribution is 2.34. The largest absolute Gasteiger partial charge is 0.452 e. The van der Waals surface area contributed by atoms with Crippen molar-refractivity contribution in [3.05, 3.63) is 22.8 Å². The maximum atomic E-state index is 12.7. The van der Waals surface area contributed by atoms with E-state index >= 15 is 0 Å². The lowest BCUT2D eigenvalue weighted by molar-refractivity contribution is -0.159. The zero-order valence-corrected chi connectivity index (χ0v) is 16.4. The summed E-state index contributed by atoms with van der Waals surface area (Å²) >= 11 is 5.97. The normalized spacial score (nSPS) is 16.6. The molecular weight excluding hydrogens is 399 g/mol. The smallest absolute Gasteiger partial charge is 0.417 e. The van der Waals surface area contributed by atoms with Gasteiger partial charge in [0.05, 0.1) is 16.5 Å². The summed E-state index contributed by atoms with van der Waals surface area (Å²) in [5, 5.41) is 2.58. The average Bonchev–Trinajstić information content (AvgIpc) is 2.65. The Labute approximate surface area is 166 Å². The molecule has 6 nitrogen and oxygen atoms in total. The summed E-state index contributed by atoms with van der Waals surface area (Å²) in [5.41, 5.74) is -0.907. The first kappa shape index (κ1) is 22.3. The highest BCUT2D eigenvalue weighted by molar-refractivity contribution is 6.33. The lowest BCUT2D eigenvalue weighted by Gasteiger charge is -2.32. The number of hydrogen-bond acceptors (Lipinski definition) is 5. The average molecular weight is 422 g/mol. The van der Waals surface area contributed by atoms with E-state index in [1.807, 2.05) is 6.92 Å². The molecule has 1 aliphatic heterocycles. The highest BCUT2D eigenvalue weighted by atomic mass is 35.5. The summed E-state index contributed by atoms with van der Waals surface area (Å²) in [7, 11) is 0. The van der Waals surface area contributed by atoms with Crippen LogP contribution < -0.4 is 10.2 Å². The minimum atomic E-state index is -4.51. The molecule has 0 bridgehead atoms. The quantitative estimate of drug-likeness (QED) is 0.712. The van der Waals surface area contributed by atoms with Crippen molar-refractivity contribution in [3.8, 4) is 0 Å². The zero-order valence-electron chi connectivity index (χ0n) is 15.7. The maximum absolute atomic E-state index is 12.7. The SMILES string of the molecule is CCCNC(=O)[C@@H](C)OC(=O)C1CCN(c2ncc(C(F)(F)F)cc2Cl)CC1. The Balaban J connectivity index is 1.90. The lowest BCUT2D eigenvalue weighted by atomic mass is 9.97. The van der Waals surface area contributed by atoms with Crippen molar-refractivity contribution in [2.45, 2.75) is 45.4 Å². The van der Waals surface area contributed by atoms with Crippen LogP contribution in [0.2, 0.25) is 5.02 Å². The van der Waals surface area contributed by atoms with Crippen LogP contribution in [0.5, 0.6) is 0 Å². The molecule has 156 valence electrons. The van der Waals surface area contributed by atoms with Gasteiger partial charge in [0.1, 0.15) is 5.82 Å². The molecule has 0 aliphatic carbocycles. The summed E-state index contributed by atoms with van der Waals surface area (Å²) in [5.74, 6) is -0.918. The molecule has 1 atom stereocenters.